The molecule has 0 aliphatic carbocycles. The molecule has 1 fully saturated rings. The molecule has 0 bridgehead atoms. The van der Waals surface area contributed by atoms with Gasteiger partial charge in [0.1, 0.15) is 5.76 Å². The monoisotopic (exact) mass is 287 g/mol. The van der Waals surface area contributed by atoms with Crippen molar-refractivity contribution in [3.8, 4) is 0 Å². The molecule has 1 aromatic heterocycles. The molecule has 5 heteroatoms. The number of carboxylic acid groups (broad SMARTS) is 1. The average Bonchev–Trinajstić information content (AvgIpc) is 2.75. The van der Waals surface area contributed by atoms with E-state index in [2.05, 4.69) is 11.8 Å². The fourth-order valence-electron chi connectivity index (χ4n) is 2.50. The summed E-state index contributed by atoms with van der Waals surface area (Å²) in [4.78, 5) is 13.3. The van der Waals surface area contributed by atoms with E-state index in [1.807, 2.05) is 0 Å². The summed E-state index contributed by atoms with van der Waals surface area (Å²) < 4.78 is 5.43. The van der Waals surface area contributed by atoms with Crippen molar-refractivity contribution in [2.24, 2.45) is 0 Å². The predicted octanol–water partition coefficient (Wildman–Crippen LogP) is 3.34. The van der Waals surface area contributed by atoms with Crippen molar-refractivity contribution >= 4 is 18.4 Å². The molecule has 19 heavy (non-hydrogen) atoms. The molecule has 1 aliphatic heterocycles. The van der Waals surface area contributed by atoms with E-state index in [1.165, 1.54) is 19.3 Å². The number of nitrogens with zero attached hydrogens (tertiary/aromatic N) is 1. The van der Waals surface area contributed by atoms with Crippen molar-refractivity contribution in [3.63, 3.8) is 0 Å². The van der Waals surface area contributed by atoms with Crippen molar-refractivity contribution in [1.82, 2.24) is 4.90 Å². The summed E-state index contributed by atoms with van der Waals surface area (Å²) >= 11 is 0. The van der Waals surface area contributed by atoms with E-state index < -0.39 is 5.97 Å². The first-order chi connectivity index (χ1) is 8.70. The van der Waals surface area contributed by atoms with Crippen molar-refractivity contribution < 1.29 is 14.3 Å². The fourth-order valence-corrected chi connectivity index (χ4v) is 2.50. The first-order valence-electron chi connectivity index (χ1n) is 6.78. The van der Waals surface area contributed by atoms with Crippen LogP contribution in [0.3, 0.4) is 0 Å². The summed E-state index contributed by atoms with van der Waals surface area (Å²) in [6, 6.07) is 1.70. The van der Waals surface area contributed by atoms with Gasteiger partial charge in [-0.3, -0.25) is 4.90 Å². The van der Waals surface area contributed by atoms with Gasteiger partial charge in [-0.25, -0.2) is 4.79 Å². The standard InChI is InChI=1S/C14H21NO3.ClH/c1-2-6-12-11(9-13(18-12)14(16)17)10-15-7-4-3-5-8-15;/h9H,2-8,10H2,1H3,(H,16,17);1H. The smallest absolute Gasteiger partial charge is 0.371 e. The van der Waals surface area contributed by atoms with Crippen molar-refractivity contribution in [2.75, 3.05) is 13.1 Å². The highest BCUT2D eigenvalue weighted by molar-refractivity contribution is 5.85. The maximum Gasteiger partial charge on any atom is 0.371 e. The van der Waals surface area contributed by atoms with Crippen LogP contribution in [-0.2, 0) is 13.0 Å². The van der Waals surface area contributed by atoms with Crippen LogP contribution >= 0.6 is 12.4 Å². The lowest BCUT2D eigenvalue weighted by atomic mass is 10.1. The predicted molar refractivity (Wildman–Crippen MR) is 76.0 cm³/mol. The molecule has 4 nitrogen and oxygen atoms in total. The molecular weight excluding hydrogens is 266 g/mol. The number of furan rings is 1. The summed E-state index contributed by atoms with van der Waals surface area (Å²) in [5.74, 6) is -0.0526. The van der Waals surface area contributed by atoms with E-state index >= 15 is 0 Å². The molecule has 0 spiro atoms. The van der Waals surface area contributed by atoms with Crippen LogP contribution in [0.5, 0.6) is 0 Å². The van der Waals surface area contributed by atoms with E-state index in [4.69, 9.17) is 9.52 Å². The third-order valence-corrected chi connectivity index (χ3v) is 3.43. The number of aryl methyl sites for hydroxylation is 1. The molecule has 0 unspecified atom stereocenters. The Morgan fingerprint density at radius 3 is 2.63 bits per heavy atom. The van der Waals surface area contributed by atoms with Crippen LogP contribution in [0.25, 0.3) is 0 Å². The Kier molecular flexibility index (Phi) is 6.38. The summed E-state index contributed by atoms with van der Waals surface area (Å²) in [7, 11) is 0. The van der Waals surface area contributed by atoms with Crippen LogP contribution in [-0.4, -0.2) is 29.1 Å². The highest BCUT2D eigenvalue weighted by Gasteiger charge is 2.18. The van der Waals surface area contributed by atoms with Crippen molar-refractivity contribution in [2.45, 2.75) is 45.6 Å². The molecule has 0 aromatic carbocycles. The van der Waals surface area contributed by atoms with E-state index in [1.54, 1.807) is 6.07 Å². The van der Waals surface area contributed by atoms with Gasteiger partial charge >= 0.3 is 5.97 Å². The maximum absolute atomic E-state index is 11.0. The molecule has 1 N–H and O–H groups in total. The first-order valence-corrected chi connectivity index (χ1v) is 6.78. The molecule has 1 saturated heterocycles. The number of halogens is 1. The van der Waals surface area contributed by atoms with Crippen molar-refractivity contribution in [3.05, 3.63) is 23.2 Å². The second-order valence-corrected chi connectivity index (χ2v) is 4.95. The maximum atomic E-state index is 11.0. The lowest BCUT2D eigenvalue weighted by Gasteiger charge is -2.26. The van der Waals surface area contributed by atoms with Crippen LogP contribution in [0.1, 0.15) is 54.5 Å². The zero-order valence-corrected chi connectivity index (χ0v) is 12.2. The van der Waals surface area contributed by atoms with Gasteiger partial charge in [0.05, 0.1) is 0 Å². The van der Waals surface area contributed by atoms with Crippen LogP contribution in [0.4, 0.5) is 0 Å². The highest BCUT2D eigenvalue weighted by atomic mass is 35.5. The minimum absolute atomic E-state index is 0. The molecule has 2 heterocycles. The lowest BCUT2D eigenvalue weighted by Crippen LogP contribution is -2.29. The molecule has 0 amide bonds. The van der Waals surface area contributed by atoms with Gasteiger partial charge in [0, 0.05) is 18.5 Å². The SMILES string of the molecule is CCCc1oc(C(=O)O)cc1CN1CCCCC1.Cl. The minimum atomic E-state index is -0.975. The van der Waals surface area contributed by atoms with Crippen LogP contribution < -0.4 is 0 Å². The van der Waals surface area contributed by atoms with Crippen LogP contribution in [0.2, 0.25) is 0 Å². The molecule has 0 atom stereocenters. The van der Waals surface area contributed by atoms with E-state index in [0.29, 0.717) is 0 Å². The second-order valence-electron chi connectivity index (χ2n) is 4.95. The Hall–Kier alpha value is -1.00. The highest BCUT2D eigenvalue weighted by Crippen LogP contribution is 2.21. The van der Waals surface area contributed by atoms with Gasteiger partial charge in [-0.2, -0.15) is 0 Å². The number of aromatic carboxylic acids is 1. The quantitative estimate of drug-likeness (QED) is 0.902. The number of hydrogen-bond donors (Lipinski definition) is 1. The third-order valence-electron chi connectivity index (χ3n) is 3.43. The third kappa shape index (κ3) is 4.25. The zero-order valence-electron chi connectivity index (χ0n) is 11.4. The topological polar surface area (TPSA) is 53.7 Å². The zero-order chi connectivity index (χ0) is 13.0. The number of carboxylic acids is 1. The molecule has 1 aliphatic rings. The molecule has 2 rings (SSSR count). The number of piperidine rings is 1. The Balaban J connectivity index is 0.00000180. The van der Waals surface area contributed by atoms with Gasteiger partial charge in [-0.05, 0) is 38.4 Å². The molecule has 108 valence electrons. The lowest BCUT2D eigenvalue weighted by molar-refractivity contribution is 0.0660. The summed E-state index contributed by atoms with van der Waals surface area (Å²) in [6.45, 7) is 5.12. The van der Waals surface area contributed by atoms with E-state index in [0.717, 1.165) is 43.8 Å². The number of carbonyl (C=O) groups is 1. The molecule has 1 aromatic rings. The largest absolute Gasteiger partial charge is 0.475 e. The number of likely N-dealkylation sites (tertiary alicyclic amines) is 1. The van der Waals surface area contributed by atoms with Gasteiger partial charge in [0.15, 0.2) is 0 Å². The summed E-state index contributed by atoms with van der Waals surface area (Å²) in [5, 5.41) is 8.99. The molecule has 0 saturated carbocycles. The Morgan fingerprint density at radius 1 is 1.37 bits per heavy atom. The van der Waals surface area contributed by atoms with Crippen LogP contribution in [0.15, 0.2) is 10.5 Å². The molecular formula is C14H22ClNO3. The second kappa shape index (κ2) is 7.56. The van der Waals surface area contributed by atoms with Crippen molar-refractivity contribution in [1.29, 1.82) is 0 Å². The van der Waals surface area contributed by atoms with Gasteiger partial charge < -0.3 is 9.52 Å². The van der Waals surface area contributed by atoms with Crippen LogP contribution in [0, 0.1) is 0 Å². The average molecular weight is 288 g/mol. The van der Waals surface area contributed by atoms with E-state index in [9.17, 15) is 4.79 Å². The molecule has 0 radical (unpaired) electrons. The Bertz CT molecular complexity index is 411. The van der Waals surface area contributed by atoms with Gasteiger partial charge in [-0.1, -0.05) is 13.3 Å². The van der Waals surface area contributed by atoms with Gasteiger partial charge in [0.2, 0.25) is 5.76 Å². The van der Waals surface area contributed by atoms with Gasteiger partial charge in [0.25, 0.3) is 0 Å². The number of hydrogen-bond acceptors (Lipinski definition) is 3. The van der Waals surface area contributed by atoms with Gasteiger partial charge in [-0.15, -0.1) is 12.4 Å². The summed E-state index contributed by atoms with van der Waals surface area (Å²) in [5.41, 5.74) is 1.05. The normalized spacial score (nSPS) is 16.1. The fraction of sp³-hybridized carbons (Fsp3) is 0.643. The first kappa shape index (κ1) is 16.1. The number of rotatable bonds is 5. The Morgan fingerprint density at radius 2 is 2.05 bits per heavy atom. The summed E-state index contributed by atoms with van der Waals surface area (Å²) in [6.07, 6.45) is 5.58. The van der Waals surface area contributed by atoms with E-state index in [-0.39, 0.29) is 18.2 Å². The minimum Gasteiger partial charge on any atom is -0.475 e. The Labute approximate surface area is 120 Å².